The van der Waals surface area contributed by atoms with Gasteiger partial charge in [0.2, 0.25) is 5.91 Å². The molecule has 0 bridgehead atoms. The highest BCUT2D eigenvalue weighted by molar-refractivity contribution is 5.86. The SMILES string of the molecule is CC(N)C(=O)N(C1CCCCC1)C(C)C(=O)O. The lowest BCUT2D eigenvalue weighted by Crippen LogP contribution is -2.54. The van der Waals surface area contributed by atoms with E-state index in [0.717, 1.165) is 32.1 Å². The molecule has 0 aromatic rings. The van der Waals surface area contributed by atoms with E-state index < -0.39 is 18.1 Å². The van der Waals surface area contributed by atoms with Gasteiger partial charge in [-0.2, -0.15) is 0 Å². The minimum atomic E-state index is -0.968. The van der Waals surface area contributed by atoms with Gasteiger partial charge in [-0.1, -0.05) is 19.3 Å². The number of carbonyl (C=O) groups excluding carboxylic acids is 1. The van der Waals surface area contributed by atoms with E-state index in [1.54, 1.807) is 13.8 Å². The van der Waals surface area contributed by atoms with Crippen molar-refractivity contribution >= 4 is 11.9 Å². The van der Waals surface area contributed by atoms with Crippen LogP contribution in [0.15, 0.2) is 0 Å². The predicted octanol–water partition coefficient (Wildman–Crippen LogP) is 0.968. The van der Waals surface area contributed by atoms with Crippen LogP contribution in [0.4, 0.5) is 0 Å². The molecule has 17 heavy (non-hydrogen) atoms. The molecule has 2 atom stereocenters. The summed E-state index contributed by atoms with van der Waals surface area (Å²) in [6, 6.07) is -1.40. The molecule has 0 radical (unpaired) electrons. The van der Waals surface area contributed by atoms with Gasteiger partial charge in [0.05, 0.1) is 6.04 Å². The van der Waals surface area contributed by atoms with Crippen LogP contribution >= 0.6 is 0 Å². The minimum Gasteiger partial charge on any atom is -0.480 e. The van der Waals surface area contributed by atoms with Gasteiger partial charge in [-0.15, -0.1) is 0 Å². The van der Waals surface area contributed by atoms with Crippen molar-refractivity contribution in [2.24, 2.45) is 5.73 Å². The van der Waals surface area contributed by atoms with Crippen molar-refractivity contribution in [1.29, 1.82) is 0 Å². The third-order valence-electron chi connectivity index (χ3n) is 3.39. The van der Waals surface area contributed by atoms with Crippen molar-refractivity contribution in [1.82, 2.24) is 4.90 Å². The van der Waals surface area contributed by atoms with E-state index in [4.69, 9.17) is 10.8 Å². The summed E-state index contributed by atoms with van der Waals surface area (Å²) in [4.78, 5) is 24.6. The average molecular weight is 242 g/mol. The van der Waals surface area contributed by atoms with Gasteiger partial charge in [-0.3, -0.25) is 4.79 Å². The molecule has 1 fully saturated rings. The van der Waals surface area contributed by atoms with Crippen molar-refractivity contribution in [2.45, 2.75) is 64.1 Å². The lowest BCUT2D eigenvalue weighted by molar-refractivity contribution is -0.152. The van der Waals surface area contributed by atoms with Crippen LogP contribution in [-0.4, -0.2) is 40.0 Å². The molecule has 0 aromatic heterocycles. The first-order valence-electron chi connectivity index (χ1n) is 6.25. The summed E-state index contributed by atoms with van der Waals surface area (Å²) in [6.07, 6.45) is 5.05. The van der Waals surface area contributed by atoms with E-state index >= 15 is 0 Å². The number of hydrogen-bond acceptors (Lipinski definition) is 3. The summed E-state index contributed by atoms with van der Waals surface area (Å²) in [6.45, 7) is 3.16. The second kappa shape index (κ2) is 6.00. The maximum Gasteiger partial charge on any atom is 0.326 e. The third-order valence-corrected chi connectivity index (χ3v) is 3.39. The van der Waals surface area contributed by atoms with Gasteiger partial charge >= 0.3 is 5.97 Å². The predicted molar refractivity (Wildman–Crippen MR) is 64.5 cm³/mol. The number of carboxylic acid groups (broad SMARTS) is 1. The van der Waals surface area contributed by atoms with Crippen molar-refractivity contribution < 1.29 is 14.7 Å². The van der Waals surface area contributed by atoms with Gasteiger partial charge in [0, 0.05) is 6.04 Å². The Balaban J connectivity index is 2.84. The molecular formula is C12H22N2O3. The molecule has 1 saturated carbocycles. The van der Waals surface area contributed by atoms with E-state index in [1.165, 1.54) is 4.90 Å². The molecule has 2 unspecified atom stereocenters. The monoisotopic (exact) mass is 242 g/mol. The highest BCUT2D eigenvalue weighted by Gasteiger charge is 2.33. The number of amides is 1. The molecule has 1 aliphatic carbocycles. The lowest BCUT2D eigenvalue weighted by atomic mass is 9.92. The van der Waals surface area contributed by atoms with Crippen LogP contribution in [0.3, 0.4) is 0 Å². The fourth-order valence-corrected chi connectivity index (χ4v) is 2.40. The Bertz CT molecular complexity index is 285. The molecule has 0 spiro atoms. The van der Waals surface area contributed by atoms with Crippen LogP contribution in [0.1, 0.15) is 46.0 Å². The molecular weight excluding hydrogens is 220 g/mol. The normalized spacial score (nSPS) is 20.6. The molecule has 0 saturated heterocycles. The molecule has 1 rings (SSSR count). The summed E-state index contributed by atoms with van der Waals surface area (Å²) < 4.78 is 0. The Hall–Kier alpha value is -1.10. The topological polar surface area (TPSA) is 83.6 Å². The standard InChI is InChI=1S/C12H22N2O3/c1-8(13)11(15)14(9(2)12(16)17)10-6-4-3-5-7-10/h8-10H,3-7,13H2,1-2H3,(H,16,17). The molecule has 3 N–H and O–H groups in total. The molecule has 0 aliphatic heterocycles. The molecule has 1 amide bonds. The number of nitrogens with two attached hydrogens (primary N) is 1. The quantitative estimate of drug-likeness (QED) is 0.769. The third kappa shape index (κ3) is 3.43. The zero-order chi connectivity index (χ0) is 13.0. The molecule has 98 valence electrons. The lowest BCUT2D eigenvalue weighted by Gasteiger charge is -2.37. The first kappa shape index (κ1) is 14.0. The average Bonchev–Trinajstić information content (AvgIpc) is 2.30. The number of carboxylic acids is 1. The zero-order valence-corrected chi connectivity index (χ0v) is 10.6. The molecule has 5 heteroatoms. The van der Waals surface area contributed by atoms with Crippen LogP contribution in [0.25, 0.3) is 0 Å². The Morgan fingerprint density at radius 1 is 1.24 bits per heavy atom. The van der Waals surface area contributed by atoms with Crippen LogP contribution in [-0.2, 0) is 9.59 Å². The Morgan fingerprint density at radius 3 is 2.18 bits per heavy atom. The van der Waals surface area contributed by atoms with Gasteiger partial charge in [-0.05, 0) is 26.7 Å². The van der Waals surface area contributed by atoms with Crippen LogP contribution in [0, 0.1) is 0 Å². The highest BCUT2D eigenvalue weighted by Crippen LogP contribution is 2.24. The molecule has 0 aromatic carbocycles. The largest absolute Gasteiger partial charge is 0.480 e. The van der Waals surface area contributed by atoms with Gasteiger partial charge < -0.3 is 15.7 Å². The number of carbonyl (C=O) groups is 2. The van der Waals surface area contributed by atoms with Crippen LogP contribution < -0.4 is 5.73 Å². The smallest absolute Gasteiger partial charge is 0.326 e. The van der Waals surface area contributed by atoms with E-state index in [1.807, 2.05) is 0 Å². The van der Waals surface area contributed by atoms with E-state index in [-0.39, 0.29) is 11.9 Å². The van der Waals surface area contributed by atoms with Gasteiger partial charge in [0.15, 0.2) is 0 Å². The second-order valence-corrected chi connectivity index (χ2v) is 4.84. The van der Waals surface area contributed by atoms with E-state index in [2.05, 4.69) is 0 Å². The first-order valence-corrected chi connectivity index (χ1v) is 6.25. The van der Waals surface area contributed by atoms with Crippen molar-refractivity contribution in [3.8, 4) is 0 Å². The van der Waals surface area contributed by atoms with Crippen molar-refractivity contribution in [2.75, 3.05) is 0 Å². The first-order chi connectivity index (χ1) is 7.95. The second-order valence-electron chi connectivity index (χ2n) is 4.84. The fraction of sp³-hybridized carbons (Fsp3) is 0.833. The number of nitrogens with zero attached hydrogens (tertiary/aromatic N) is 1. The number of aliphatic carboxylic acids is 1. The highest BCUT2D eigenvalue weighted by atomic mass is 16.4. The maximum absolute atomic E-state index is 12.0. The zero-order valence-electron chi connectivity index (χ0n) is 10.6. The number of rotatable bonds is 4. The molecule has 5 nitrogen and oxygen atoms in total. The summed E-state index contributed by atoms with van der Waals surface area (Å²) >= 11 is 0. The fourth-order valence-electron chi connectivity index (χ4n) is 2.40. The minimum absolute atomic E-state index is 0.0355. The van der Waals surface area contributed by atoms with Gasteiger partial charge in [0.25, 0.3) is 0 Å². The van der Waals surface area contributed by atoms with Gasteiger partial charge in [0.1, 0.15) is 6.04 Å². The Morgan fingerprint density at radius 2 is 1.76 bits per heavy atom. The number of hydrogen-bond donors (Lipinski definition) is 2. The van der Waals surface area contributed by atoms with Crippen molar-refractivity contribution in [3.05, 3.63) is 0 Å². The maximum atomic E-state index is 12.0. The summed E-state index contributed by atoms with van der Waals surface area (Å²) in [5.74, 6) is -1.23. The van der Waals surface area contributed by atoms with E-state index in [9.17, 15) is 9.59 Å². The summed E-state index contributed by atoms with van der Waals surface area (Å²) in [7, 11) is 0. The Kier molecular flexibility index (Phi) is 4.93. The molecule has 0 heterocycles. The van der Waals surface area contributed by atoms with Crippen LogP contribution in [0.2, 0.25) is 0 Å². The van der Waals surface area contributed by atoms with Gasteiger partial charge in [-0.25, -0.2) is 4.79 Å². The van der Waals surface area contributed by atoms with E-state index in [0.29, 0.717) is 0 Å². The summed E-state index contributed by atoms with van der Waals surface area (Å²) in [5.41, 5.74) is 5.60. The van der Waals surface area contributed by atoms with Crippen LogP contribution in [0.5, 0.6) is 0 Å². The Labute approximate surface area is 102 Å². The van der Waals surface area contributed by atoms with Crippen molar-refractivity contribution in [3.63, 3.8) is 0 Å². The summed E-state index contributed by atoms with van der Waals surface area (Å²) in [5, 5.41) is 9.08. The molecule has 1 aliphatic rings.